The molecule has 0 aliphatic rings. The van der Waals surface area contributed by atoms with Crippen molar-refractivity contribution in [3.8, 4) is 0 Å². The van der Waals surface area contributed by atoms with Crippen molar-refractivity contribution in [2.75, 3.05) is 0 Å². The summed E-state index contributed by atoms with van der Waals surface area (Å²) >= 11 is 0. The van der Waals surface area contributed by atoms with Crippen LogP contribution in [-0.2, 0) is 11.2 Å². The van der Waals surface area contributed by atoms with Crippen LogP contribution in [0.4, 0.5) is 0 Å². The quantitative estimate of drug-likeness (QED) is 0.739. The van der Waals surface area contributed by atoms with Gasteiger partial charge in [0.05, 0.1) is 6.42 Å². The van der Waals surface area contributed by atoms with Gasteiger partial charge in [0.1, 0.15) is 5.78 Å². The molecule has 4 nitrogen and oxygen atoms in total. The van der Waals surface area contributed by atoms with E-state index in [1.165, 1.54) is 0 Å². The molecule has 0 fully saturated rings. The highest BCUT2D eigenvalue weighted by atomic mass is 16.3. The molecule has 0 spiro atoms. The molecular formula is C10H10N2O2. The number of carbonyl (C=O) groups is 1. The summed E-state index contributed by atoms with van der Waals surface area (Å²) in [5, 5.41) is 0. The summed E-state index contributed by atoms with van der Waals surface area (Å²) in [5.41, 5.74) is 1.19. The molecule has 0 aliphatic carbocycles. The number of aromatic nitrogens is 2. The van der Waals surface area contributed by atoms with Gasteiger partial charge in [-0.15, -0.1) is 0 Å². The number of carbonyl (C=O) groups excluding carboxylic acids is 1. The zero-order valence-electron chi connectivity index (χ0n) is 7.86. The Morgan fingerprint density at radius 2 is 2.43 bits per heavy atom. The molecule has 0 N–H and O–H groups in total. The first kappa shape index (κ1) is 8.87. The van der Waals surface area contributed by atoms with E-state index in [0.29, 0.717) is 23.5 Å². The normalized spacial score (nSPS) is 10.6. The van der Waals surface area contributed by atoms with E-state index in [1.54, 1.807) is 18.3 Å². The number of ketones is 1. The van der Waals surface area contributed by atoms with Crippen LogP contribution in [-0.4, -0.2) is 15.8 Å². The van der Waals surface area contributed by atoms with Crippen molar-refractivity contribution in [3.63, 3.8) is 0 Å². The average molecular weight is 190 g/mol. The third-order valence-electron chi connectivity index (χ3n) is 1.95. The number of oxazole rings is 1. The Balaban J connectivity index is 2.31. The van der Waals surface area contributed by atoms with Gasteiger partial charge in [0.2, 0.25) is 5.89 Å². The van der Waals surface area contributed by atoms with Gasteiger partial charge in [0.15, 0.2) is 11.2 Å². The first-order valence-corrected chi connectivity index (χ1v) is 4.51. The summed E-state index contributed by atoms with van der Waals surface area (Å²) in [6.07, 6.45) is 2.41. The molecule has 0 aromatic carbocycles. The molecule has 4 heteroatoms. The van der Waals surface area contributed by atoms with Gasteiger partial charge in [-0.25, -0.2) is 4.98 Å². The van der Waals surface area contributed by atoms with Gasteiger partial charge >= 0.3 is 0 Å². The zero-order valence-corrected chi connectivity index (χ0v) is 7.86. The summed E-state index contributed by atoms with van der Waals surface area (Å²) in [5.74, 6) is 0.571. The van der Waals surface area contributed by atoms with Crippen molar-refractivity contribution in [3.05, 3.63) is 24.2 Å². The Labute approximate surface area is 81.0 Å². The average Bonchev–Trinajstić information content (AvgIpc) is 2.59. The predicted molar refractivity (Wildman–Crippen MR) is 50.8 cm³/mol. The van der Waals surface area contributed by atoms with Crippen LogP contribution in [0.5, 0.6) is 0 Å². The van der Waals surface area contributed by atoms with Crippen LogP contribution in [0.3, 0.4) is 0 Å². The molecule has 0 saturated carbocycles. The summed E-state index contributed by atoms with van der Waals surface area (Å²) in [4.78, 5) is 19.3. The van der Waals surface area contributed by atoms with Gasteiger partial charge < -0.3 is 4.42 Å². The Bertz CT molecular complexity index is 429. The molecule has 2 rings (SSSR count). The number of pyridine rings is 1. The van der Waals surface area contributed by atoms with E-state index in [-0.39, 0.29) is 12.2 Å². The second kappa shape index (κ2) is 3.57. The Kier molecular flexibility index (Phi) is 2.26. The monoisotopic (exact) mass is 190 g/mol. The lowest BCUT2D eigenvalue weighted by molar-refractivity contribution is -0.118. The van der Waals surface area contributed by atoms with Crippen LogP contribution in [0.25, 0.3) is 11.2 Å². The molecule has 2 aromatic heterocycles. The second-order valence-electron chi connectivity index (χ2n) is 3.00. The van der Waals surface area contributed by atoms with Gasteiger partial charge in [-0.2, -0.15) is 4.98 Å². The van der Waals surface area contributed by atoms with Crippen molar-refractivity contribution in [1.82, 2.24) is 9.97 Å². The van der Waals surface area contributed by atoms with E-state index in [0.717, 1.165) is 0 Å². The molecule has 0 saturated heterocycles. The highest BCUT2D eigenvalue weighted by molar-refractivity contribution is 5.80. The highest BCUT2D eigenvalue weighted by Crippen LogP contribution is 2.12. The minimum absolute atomic E-state index is 0.122. The number of fused-ring (bicyclic) bond motifs is 1. The Morgan fingerprint density at radius 1 is 1.57 bits per heavy atom. The molecule has 0 unspecified atom stereocenters. The molecule has 0 radical (unpaired) electrons. The molecule has 2 heterocycles. The molecular weight excluding hydrogens is 180 g/mol. The largest absolute Gasteiger partial charge is 0.438 e. The van der Waals surface area contributed by atoms with Gasteiger partial charge in [-0.1, -0.05) is 6.92 Å². The molecule has 0 atom stereocenters. The molecule has 0 bridgehead atoms. The first-order chi connectivity index (χ1) is 6.79. The van der Waals surface area contributed by atoms with Crippen LogP contribution in [0.2, 0.25) is 0 Å². The van der Waals surface area contributed by atoms with Gasteiger partial charge in [-0.3, -0.25) is 4.79 Å². The summed E-state index contributed by atoms with van der Waals surface area (Å²) in [7, 11) is 0. The van der Waals surface area contributed by atoms with Crippen molar-refractivity contribution < 1.29 is 9.21 Å². The molecule has 2 aromatic rings. The zero-order chi connectivity index (χ0) is 9.97. The van der Waals surface area contributed by atoms with E-state index in [2.05, 4.69) is 9.97 Å². The van der Waals surface area contributed by atoms with Gasteiger partial charge in [-0.05, 0) is 12.1 Å². The fraction of sp³-hybridized carbons (Fsp3) is 0.300. The van der Waals surface area contributed by atoms with E-state index < -0.39 is 0 Å². The van der Waals surface area contributed by atoms with Gasteiger partial charge in [0.25, 0.3) is 0 Å². The lowest BCUT2D eigenvalue weighted by Crippen LogP contribution is -1.99. The number of hydrogen-bond acceptors (Lipinski definition) is 4. The predicted octanol–water partition coefficient (Wildman–Crippen LogP) is 1.74. The molecule has 14 heavy (non-hydrogen) atoms. The maximum Gasteiger partial charge on any atom is 0.204 e. The smallest absolute Gasteiger partial charge is 0.204 e. The van der Waals surface area contributed by atoms with Gasteiger partial charge in [0, 0.05) is 12.6 Å². The Morgan fingerprint density at radius 3 is 3.14 bits per heavy atom. The van der Waals surface area contributed by atoms with Crippen molar-refractivity contribution in [1.29, 1.82) is 0 Å². The summed E-state index contributed by atoms with van der Waals surface area (Å²) < 4.78 is 5.35. The number of nitrogens with zero attached hydrogens (tertiary/aromatic N) is 2. The summed E-state index contributed by atoms with van der Waals surface area (Å²) in [6.45, 7) is 1.82. The number of Topliss-reactive ketones (excluding diaryl/α,β-unsaturated/α-hetero) is 1. The standard InChI is InChI=1S/C10H10N2O2/c1-2-7(13)6-9-12-10-8(14-9)4-3-5-11-10/h3-5H,2,6H2,1H3. The highest BCUT2D eigenvalue weighted by Gasteiger charge is 2.09. The lowest BCUT2D eigenvalue weighted by atomic mass is 10.2. The maximum atomic E-state index is 11.1. The first-order valence-electron chi connectivity index (χ1n) is 4.51. The SMILES string of the molecule is CCC(=O)Cc1nc2ncccc2o1. The molecule has 0 amide bonds. The summed E-state index contributed by atoms with van der Waals surface area (Å²) in [6, 6.07) is 3.56. The Hall–Kier alpha value is -1.71. The lowest BCUT2D eigenvalue weighted by Gasteiger charge is -1.89. The van der Waals surface area contributed by atoms with Crippen LogP contribution in [0.15, 0.2) is 22.7 Å². The van der Waals surface area contributed by atoms with Crippen LogP contribution < -0.4 is 0 Å². The number of hydrogen-bond donors (Lipinski definition) is 0. The van der Waals surface area contributed by atoms with Crippen LogP contribution in [0, 0.1) is 0 Å². The third-order valence-corrected chi connectivity index (χ3v) is 1.95. The van der Waals surface area contributed by atoms with Crippen molar-refractivity contribution >= 4 is 17.0 Å². The fourth-order valence-electron chi connectivity index (χ4n) is 1.18. The minimum Gasteiger partial charge on any atom is -0.438 e. The van der Waals surface area contributed by atoms with Crippen LogP contribution >= 0.6 is 0 Å². The van der Waals surface area contributed by atoms with Crippen LogP contribution in [0.1, 0.15) is 19.2 Å². The van der Waals surface area contributed by atoms with E-state index >= 15 is 0 Å². The topological polar surface area (TPSA) is 56.0 Å². The van der Waals surface area contributed by atoms with Crippen molar-refractivity contribution in [2.24, 2.45) is 0 Å². The second-order valence-corrected chi connectivity index (χ2v) is 3.00. The fourth-order valence-corrected chi connectivity index (χ4v) is 1.18. The van der Waals surface area contributed by atoms with E-state index in [1.807, 2.05) is 6.92 Å². The number of rotatable bonds is 3. The van der Waals surface area contributed by atoms with E-state index in [9.17, 15) is 4.79 Å². The third kappa shape index (κ3) is 1.64. The molecule has 72 valence electrons. The maximum absolute atomic E-state index is 11.1. The minimum atomic E-state index is 0.122. The van der Waals surface area contributed by atoms with E-state index in [4.69, 9.17) is 4.42 Å². The van der Waals surface area contributed by atoms with Crippen molar-refractivity contribution in [2.45, 2.75) is 19.8 Å². The molecule has 0 aliphatic heterocycles.